The molecular formula is C14H12ClN3O. The lowest BCUT2D eigenvalue weighted by molar-refractivity contribution is 0.415. The summed E-state index contributed by atoms with van der Waals surface area (Å²) in [5.74, 6) is 1.32. The molecule has 0 fully saturated rings. The summed E-state index contributed by atoms with van der Waals surface area (Å²) in [5, 5.41) is 9.25. The second-order valence-electron chi connectivity index (χ2n) is 3.88. The van der Waals surface area contributed by atoms with Crippen LogP contribution in [0.25, 0.3) is 0 Å². The molecule has 0 saturated carbocycles. The van der Waals surface area contributed by atoms with Gasteiger partial charge in [-0.15, -0.1) is 0 Å². The Morgan fingerprint density at radius 3 is 2.74 bits per heavy atom. The Morgan fingerprint density at radius 2 is 2.05 bits per heavy atom. The number of nitriles is 1. The van der Waals surface area contributed by atoms with Crippen LogP contribution in [0.3, 0.4) is 0 Å². The Kier molecular flexibility index (Phi) is 3.88. The molecule has 0 aliphatic heterocycles. The Bertz CT molecular complexity index is 637. The molecule has 2 rings (SSSR count). The van der Waals surface area contributed by atoms with E-state index in [0.29, 0.717) is 11.4 Å². The van der Waals surface area contributed by atoms with Crippen molar-refractivity contribution < 1.29 is 4.74 Å². The van der Waals surface area contributed by atoms with E-state index in [1.165, 1.54) is 6.07 Å². The van der Waals surface area contributed by atoms with Crippen LogP contribution in [0.4, 0.5) is 11.5 Å². The number of benzene rings is 1. The molecule has 4 nitrogen and oxygen atoms in total. The summed E-state index contributed by atoms with van der Waals surface area (Å²) in [6.07, 6.45) is 0. The molecule has 19 heavy (non-hydrogen) atoms. The zero-order valence-corrected chi connectivity index (χ0v) is 11.3. The molecule has 1 aromatic heterocycles. The highest BCUT2D eigenvalue weighted by Gasteiger charge is 2.12. The van der Waals surface area contributed by atoms with Gasteiger partial charge in [0.25, 0.3) is 0 Å². The van der Waals surface area contributed by atoms with Gasteiger partial charge in [-0.05, 0) is 24.3 Å². The maximum Gasteiger partial charge on any atom is 0.142 e. The highest BCUT2D eigenvalue weighted by atomic mass is 35.5. The summed E-state index contributed by atoms with van der Waals surface area (Å²) >= 11 is 5.91. The summed E-state index contributed by atoms with van der Waals surface area (Å²) < 4.78 is 5.31. The topological polar surface area (TPSA) is 49.1 Å². The zero-order chi connectivity index (χ0) is 13.8. The van der Waals surface area contributed by atoms with Crippen LogP contribution in [0.5, 0.6) is 5.75 Å². The number of aromatic nitrogens is 1. The van der Waals surface area contributed by atoms with Crippen LogP contribution in [0.1, 0.15) is 5.56 Å². The smallest absolute Gasteiger partial charge is 0.142 e. The van der Waals surface area contributed by atoms with Crippen LogP contribution in [-0.2, 0) is 0 Å². The fourth-order valence-corrected chi connectivity index (χ4v) is 1.95. The summed E-state index contributed by atoms with van der Waals surface area (Å²) in [6.45, 7) is 0. The minimum Gasteiger partial charge on any atom is -0.495 e. The summed E-state index contributed by atoms with van der Waals surface area (Å²) in [7, 11) is 3.45. The van der Waals surface area contributed by atoms with Crippen molar-refractivity contribution in [3.05, 3.63) is 47.1 Å². The molecule has 0 amide bonds. The Morgan fingerprint density at radius 1 is 1.32 bits per heavy atom. The average molecular weight is 274 g/mol. The largest absolute Gasteiger partial charge is 0.495 e. The number of rotatable bonds is 3. The third-order valence-electron chi connectivity index (χ3n) is 2.70. The highest BCUT2D eigenvalue weighted by molar-refractivity contribution is 6.29. The first-order valence-electron chi connectivity index (χ1n) is 5.60. The standard InChI is InChI=1S/C14H12ClN3O/c1-18(11-5-3-4-6-12(11)19-2)14-8-10(9-16)7-13(15)17-14/h3-8H,1-2H3. The second-order valence-corrected chi connectivity index (χ2v) is 4.27. The number of anilines is 2. The summed E-state index contributed by atoms with van der Waals surface area (Å²) in [6, 6.07) is 12.8. The number of hydrogen-bond acceptors (Lipinski definition) is 4. The van der Waals surface area contributed by atoms with Crippen molar-refractivity contribution in [2.75, 3.05) is 19.1 Å². The van der Waals surface area contributed by atoms with Crippen molar-refractivity contribution in [1.82, 2.24) is 4.98 Å². The molecule has 0 aliphatic rings. The van der Waals surface area contributed by atoms with E-state index < -0.39 is 0 Å². The molecule has 1 heterocycles. The van der Waals surface area contributed by atoms with Crippen LogP contribution in [0, 0.1) is 11.3 Å². The first-order valence-corrected chi connectivity index (χ1v) is 5.98. The molecule has 5 heteroatoms. The van der Waals surface area contributed by atoms with Crippen molar-refractivity contribution >= 4 is 23.1 Å². The maximum absolute atomic E-state index is 8.96. The number of ether oxygens (including phenoxy) is 1. The predicted molar refractivity (Wildman–Crippen MR) is 75.0 cm³/mol. The van der Waals surface area contributed by atoms with Crippen LogP contribution in [-0.4, -0.2) is 19.1 Å². The van der Waals surface area contributed by atoms with Gasteiger partial charge in [0, 0.05) is 7.05 Å². The SMILES string of the molecule is COc1ccccc1N(C)c1cc(C#N)cc(Cl)n1. The molecule has 0 spiro atoms. The Labute approximate surface area is 116 Å². The molecule has 1 aromatic carbocycles. The minimum atomic E-state index is 0.288. The summed E-state index contributed by atoms with van der Waals surface area (Å²) in [4.78, 5) is 6.04. The van der Waals surface area contributed by atoms with Gasteiger partial charge in [-0.3, -0.25) is 0 Å². The number of pyridine rings is 1. The third kappa shape index (κ3) is 2.78. The third-order valence-corrected chi connectivity index (χ3v) is 2.89. The lowest BCUT2D eigenvalue weighted by Crippen LogP contribution is -2.12. The van der Waals surface area contributed by atoms with Gasteiger partial charge in [0.05, 0.1) is 24.4 Å². The van der Waals surface area contributed by atoms with Gasteiger partial charge >= 0.3 is 0 Å². The van der Waals surface area contributed by atoms with Crippen molar-refractivity contribution in [2.45, 2.75) is 0 Å². The number of para-hydroxylation sites is 2. The van der Waals surface area contributed by atoms with E-state index in [9.17, 15) is 0 Å². The molecule has 0 saturated heterocycles. The lowest BCUT2D eigenvalue weighted by atomic mass is 10.2. The van der Waals surface area contributed by atoms with E-state index in [1.807, 2.05) is 36.2 Å². The van der Waals surface area contributed by atoms with Gasteiger partial charge in [0.1, 0.15) is 16.7 Å². The van der Waals surface area contributed by atoms with E-state index in [4.69, 9.17) is 21.6 Å². The van der Waals surface area contributed by atoms with Gasteiger partial charge < -0.3 is 9.64 Å². The van der Waals surface area contributed by atoms with Crippen molar-refractivity contribution in [3.8, 4) is 11.8 Å². The summed E-state index contributed by atoms with van der Waals surface area (Å²) in [5.41, 5.74) is 1.32. The first kappa shape index (κ1) is 13.2. The van der Waals surface area contributed by atoms with Crippen LogP contribution >= 0.6 is 11.6 Å². The molecule has 96 valence electrons. The average Bonchev–Trinajstić information content (AvgIpc) is 2.45. The monoisotopic (exact) mass is 273 g/mol. The van der Waals surface area contributed by atoms with E-state index >= 15 is 0 Å². The number of halogens is 1. The fourth-order valence-electron chi connectivity index (χ4n) is 1.75. The zero-order valence-electron chi connectivity index (χ0n) is 10.6. The van der Waals surface area contributed by atoms with Crippen molar-refractivity contribution in [2.24, 2.45) is 0 Å². The van der Waals surface area contributed by atoms with Crippen LogP contribution < -0.4 is 9.64 Å². The van der Waals surface area contributed by atoms with Gasteiger partial charge in [0.2, 0.25) is 0 Å². The molecule has 0 unspecified atom stereocenters. The van der Waals surface area contributed by atoms with Gasteiger partial charge in [-0.2, -0.15) is 5.26 Å². The number of hydrogen-bond donors (Lipinski definition) is 0. The maximum atomic E-state index is 8.96. The van der Waals surface area contributed by atoms with Crippen LogP contribution in [0.15, 0.2) is 36.4 Å². The molecule has 0 bridgehead atoms. The molecular weight excluding hydrogens is 262 g/mol. The second kappa shape index (κ2) is 5.59. The molecule has 0 N–H and O–H groups in total. The number of nitrogens with zero attached hydrogens (tertiary/aromatic N) is 3. The van der Waals surface area contributed by atoms with Gasteiger partial charge in [-0.25, -0.2) is 4.98 Å². The molecule has 0 aliphatic carbocycles. The predicted octanol–water partition coefficient (Wildman–Crippen LogP) is 3.38. The van der Waals surface area contributed by atoms with Gasteiger partial charge in [-0.1, -0.05) is 23.7 Å². The normalized spacial score (nSPS) is 9.79. The Hall–Kier alpha value is -2.25. The highest BCUT2D eigenvalue weighted by Crippen LogP contribution is 2.32. The van der Waals surface area contributed by atoms with Crippen molar-refractivity contribution in [3.63, 3.8) is 0 Å². The molecule has 0 atom stereocenters. The quantitative estimate of drug-likeness (QED) is 0.805. The van der Waals surface area contributed by atoms with Crippen molar-refractivity contribution in [1.29, 1.82) is 5.26 Å². The molecule has 0 radical (unpaired) electrons. The van der Waals surface area contributed by atoms with E-state index in [2.05, 4.69) is 11.1 Å². The Balaban J connectivity index is 2.47. The first-order chi connectivity index (χ1) is 9.15. The molecule has 2 aromatic rings. The van der Waals surface area contributed by atoms with Crippen LogP contribution in [0.2, 0.25) is 5.15 Å². The van der Waals surface area contributed by atoms with Gasteiger partial charge in [0.15, 0.2) is 0 Å². The van der Waals surface area contributed by atoms with E-state index in [1.54, 1.807) is 13.2 Å². The number of methoxy groups -OCH3 is 1. The minimum absolute atomic E-state index is 0.288. The lowest BCUT2D eigenvalue weighted by Gasteiger charge is -2.21. The van der Waals surface area contributed by atoms with E-state index in [0.717, 1.165) is 11.4 Å². The fraction of sp³-hybridized carbons (Fsp3) is 0.143. The van der Waals surface area contributed by atoms with E-state index in [-0.39, 0.29) is 5.15 Å².